The van der Waals surface area contributed by atoms with Crippen molar-refractivity contribution in [2.75, 3.05) is 12.4 Å². The van der Waals surface area contributed by atoms with Crippen molar-refractivity contribution >= 4 is 12.6 Å². The lowest BCUT2D eigenvalue weighted by Gasteiger charge is -2.13. The van der Waals surface area contributed by atoms with E-state index in [0.29, 0.717) is 12.2 Å². The average Bonchev–Trinajstić information content (AvgIpc) is 2.17. The van der Waals surface area contributed by atoms with E-state index in [2.05, 4.69) is 12.6 Å². The number of hydrogen-bond acceptors (Lipinski definition) is 2. The first-order chi connectivity index (χ1) is 7.05. The molecule has 1 rings (SSSR count). The van der Waals surface area contributed by atoms with Gasteiger partial charge < -0.3 is 4.74 Å². The van der Waals surface area contributed by atoms with E-state index in [-0.39, 0.29) is 12.4 Å². The third kappa shape index (κ3) is 3.66. The molecule has 0 heterocycles. The number of benzene rings is 1. The predicted molar refractivity (Wildman–Crippen MR) is 55.4 cm³/mol. The Hall–Kier alpha value is -0.840. The van der Waals surface area contributed by atoms with Crippen LogP contribution in [0.2, 0.25) is 0 Å². The summed E-state index contributed by atoms with van der Waals surface area (Å²) in [4.78, 5) is 0. The largest absolute Gasteiger partial charge is 0.493 e. The molecule has 0 aliphatic heterocycles. The van der Waals surface area contributed by atoms with Crippen LogP contribution in [0.1, 0.15) is 12.0 Å². The minimum atomic E-state index is -4.36. The topological polar surface area (TPSA) is 9.23 Å². The summed E-state index contributed by atoms with van der Waals surface area (Å²) < 4.78 is 42.4. The molecule has 0 aromatic heterocycles. The fourth-order valence-electron chi connectivity index (χ4n) is 1.07. The van der Waals surface area contributed by atoms with Gasteiger partial charge in [-0.2, -0.15) is 25.8 Å². The van der Waals surface area contributed by atoms with Crippen LogP contribution in [-0.4, -0.2) is 12.4 Å². The molecule has 0 amide bonds. The first-order valence-electron chi connectivity index (χ1n) is 4.45. The van der Waals surface area contributed by atoms with E-state index in [4.69, 9.17) is 4.74 Å². The van der Waals surface area contributed by atoms with E-state index in [0.717, 1.165) is 6.07 Å². The molecule has 0 atom stereocenters. The number of hydrogen-bond donors (Lipinski definition) is 1. The van der Waals surface area contributed by atoms with Crippen LogP contribution in [-0.2, 0) is 6.18 Å². The van der Waals surface area contributed by atoms with Gasteiger partial charge in [0.1, 0.15) is 5.75 Å². The van der Waals surface area contributed by atoms with Crippen LogP contribution in [0.15, 0.2) is 24.3 Å². The first-order valence-corrected chi connectivity index (χ1v) is 5.09. The van der Waals surface area contributed by atoms with Crippen molar-refractivity contribution in [2.24, 2.45) is 0 Å². The molecule has 1 aromatic carbocycles. The summed E-state index contributed by atoms with van der Waals surface area (Å²) in [7, 11) is 0. The molecule has 1 nitrogen and oxygen atoms in total. The lowest BCUT2D eigenvalue weighted by Crippen LogP contribution is -2.09. The third-order valence-electron chi connectivity index (χ3n) is 1.75. The van der Waals surface area contributed by atoms with E-state index < -0.39 is 11.7 Å². The lowest BCUT2D eigenvalue weighted by molar-refractivity contribution is -0.138. The number of halogens is 3. The Kier molecular flexibility index (Phi) is 4.32. The van der Waals surface area contributed by atoms with Crippen molar-refractivity contribution in [3.05, 3.63) is 29.8 Å². The Morgan fingerprint density at radius 1 is 1.20 bits per heavy atom. The summed E-state index contributed by atoms with van der Waals surface area (Å²) in [5.41, 5.74) is -0.732. The Morgan fingerprint density at radius 2 is 1.87 bits per heavy atom. The van der Waals surface area contributed by atoms with Crippen LogP contribution in [0.4, 0.5) is 13.2 Å². The molecule has 0 saturated heterocycles. The monoisotopic (exact) mass is 236 g/mol. The van der Waals surface area contributed by atoms with Crippen molar-refractivity contribution in [2.45, 2.75) is 12.6 Å². The number of rotatable bonds is 4. The molecule has 0 unspecified atom stereocenters. The molecule has 1 aromatic rings. The summed E-state index contributed by atoms with van der Waals surface area (Å²) in [6.45, 7) is 0.247. The van der Waals surface area contributed by atoms with Crippen molar-refractivity contribution in [1.29, 1.82) is 0 Å². The fraction of sp³-hybridized carbons (Fsp3) is 0.400. The van der Waals surface area contributed by atoms with Gasteiger partial charge in [-0.05, 0) is 24.3 Å². The zero-order valence-electron chi connectivity index (χ0n) is 7.92. The van der Waals surface area contributed by atoms with Crippen LogP contribution >= 0.6 is 12.6 Å². The highest BCUT2D eigenvalue weighted by atomic mass is 32.1. The van der Waals surface area contributed by atoms with E-state index >= 15 is 0 Å². The summed E-state index contributed by atoms with van der Waals surface area (Å²) >= 11 is 3.95. The molecule has 15 heavy (non-hydrogen) atoms. The second-order valence-corrected chi connectivity index (χ2v) is 3.37. The summed E-state index contributed by atoms with van der Waals surface area (Å²) in [5, 5.41) is 0. The van der Waals surface area contributed by atoms with Crippen molar-refractivity contribution in [1.82, 2.24) is 0 Å². The molecule has 0 radical (unpaired) electrons. The molecule has 84 valence electrons. The molecule has 0 aliphatic rings. The van der Waals surface area contributed by atoms with Gasteiger partial charge in [0, 0.05) is 0 Å². The van der Waals surface area contributed by atoms with E-state index in [1.165, 1.54) is 18.2 Å². The van der Waals surface area contributed by atoms with Gasteiger partial charge in [0.2, 0.25) is 0 Å². The highest BCUT2D eigenvalue weighted by molar-refractivity contribution is 7.80. The van der Waals surface area contributed by atoms with Crippen molar-refractivity contribution in [3.63, 3.8) is 0 Å². The zero-order valence-corrected chi connectivity index (χ0v) is 8.81. The highest BCUT2D eigenvalue weighted by Crippen LogP contribution is 2.35. The molecule has 0 spiro atoms. The highest BCUT2D eigenvalue weighted by Gasteiger charge is 2.33. The van der Waals surface area contributed by atoms with Crippen LogP contribution in [0.3, 0.4) is 0 Å². The van der Waals surface area contributed by atoms with Crippen LogP contribution in [0.5, 0.6) is 5.75 Å². The molecule has 0 N–H and O–H groups in total. The summed E-state index contributed by atoms with van der Waals surface area (Å²) in [5.74, 6) is 0.473. The fourth-order valence-corrected chi connectivity index (χ4v) is 1.20. The van der Waals surface area contributed by atoms with Crippen LogP contribution < -0.4 is 4.74 Å². The minimum Gasteiger partial charge on any atom is -0.493 e. The number of alkyl halides is 3. The number of para-hydroxylation sites is 1. The van der Waals surface area contributed by atoms with Gasteiger partial charge in [-0.1, -0.05) is 12.1 Å². The first kappa shape index (κ1) is 12.2. The average molecular weight is 236 g/mol. The Bertz CT molecular complexity index is 312. The zero-order chi connectivity index (χ0) is 11.3. The molecule has 0 bridgehead atoms. The van der Waals surface area contributed by atoms with Gasteiger partial charge in [0.05, 0.1) is 12.2 Å². The SMILES string of the molecule is FC(F)(F)c1ccccc1OCCCS. The normalized spacial score (nSPS) is 11.5. The number of ether oxygens (including phenoxy) is 1. The van der Waals surface area contributed by atoms with Crippen molar-refractivity contribution in [3.8, 4) is 5.75 Å². The number of thiol groups is 1. The van der Waals surface area contributed by atoms with Crippen LogP contribution in [0.25, 0.3) is 0 Å². The third-order valence-corrected chi connectivity index (χ3v) is 2.07. The Labute approximate surface area is 91.7 Å². The molecule has 0 fully saturated rings. The maximum atomic E-state index is 12.5. The van der Waals surface area contributed by atoms with Gasteiger partial charge in [-0.25, -0.2) is 0 Å². The molecular formula is C10H11F3OS. The summed E-state index contributed by atoms with van der Waals surface area (Å²) in [6.07, 6.45) is -3.74. The van der Waals surface area contributed by atoms with E-state index in [9.17, 15) is 13.2 Å². The summed E-state index contributed by atoms with van der Waals surface area (Å²) in [6, 6.07) is 5.19. The lowest BCUT2D eigenvalue weighted by atomic mass is 10.2. The smallest absolute Gasteiger partial charge is 0.419 e. The van der Waals surface area contributed by atoms with Gasteiger partial charge in [-0.15, -0.1) is 0 Å². The standard InChI is InChI=1S/C10H11F3OS/c11-10(12,13)8-4-1-2-5-9(8)14-6-3-7-15/h1-2,4-5,15H,3,6-7H2. The quantitative estimate of drug-likeness (QED) is 0.622. The van der Waals surface area contributed by atoms with Crippen molar-refractivity contribution < 1.29 is 17.9 Å². The molecule has 0 saturated carbocycles. The molecule has 5 heteroatoms. The Balaban J connectivity index is 2.78. The molecule has 0 aliphatic carbocycles. The van der Waals surface area contributed by atoms with Crippen LogP contribution in [0, 0.1) is 0 Å². The van der Waals surface area contributed by atoms with E-state index in [1.54, 1.807) is 0 Å². The minimum absolute atomic E-state index is 0.119. The van der Waals surface area contributed by atoms with Gasteiger partial charge in [-0.3, -0.25) is 0 Å². The second-order valence-electron chi connectivity index (χ2n) is 2.92. The van der Waals surface area contributed by atoms with Gasteiger partial charge >= 0.3 is 6.18 Å². The second kappa shape index (κ2) is 5.30. The maximum Gasteiger partial charge on any atom is 0.419 e. The maximum absolute atomic E-state index is 12.5. The predicted octanol–water partition coefficient (Wildman–Crippen LogP) is 3.40. The Morgan fingerprint density at radius 3 is 2.47 bits per heavy atom. The van der Waals surface area contributed by atoms with E-state index in [1.807, 2.05) is 0 Å². The van der Waals surface area contributed by atoms with Gasteiger partial charge in [0.25, 0.3) is 0 Å². The molecular weight excluding hydrogens is 225 g/mol. The van der Waals surface area contributed by atoms with Gasteiger partial charge in [0.15, 0.2) is 0 Å².